The number of benzene rings is 3. The Kier molecular flexibility index (Phi) is 12.1. The molecule has 248 valence electrons. The molecule has 12 heteroatoms. The quantitative estimate of drug-likeness (QED) is 0.0458. The monoisotopic (exact) mass is 666 g/mol. The molecule has 0 amide bonds. The summed E-state index contributed by atoms with van der Waals surface area (Å²) in [5.74, 6) is 0.519. The van der Waals surface area contributed by atoms with Crippen LogP contribution in [0.4, 0.5) is 17.1 Å². The third-order valence-electron chi connectivity index (χ3n) is 8.29. The average Bonchev–Trinajstić information content (AvgIpc) is 3.02. The van der Waals surface area contributed by atoms with E-state index in [1.807, 2.05) is 56.6 Å². The predicted octanol–water partition coefficient (Wildman–Crippen LogP) is 6.62. The van der Waals surface area contributed by atoms with Gasteiger partial charge in [0.15, 0.2) is 0 Å². The number of hydrogen-bond acceptors (Lipinski definition) is 8. The molecule has 1 heterocycles. The van der Waals surface area contributed by atoms with Gasteiger partial charge in [0.25, 0.3) is 15.7 Å². The second-order valence-corrected chi connectivity index (χ2v) is 15.5. The molecule has 4 rings (SSSR count). The zero-order chi connectivity index (χ0) is 33.3. The lowest BCUT2D eigenvalue weighted by Gasteiger charge is -2.38. The fourth-order valence-electron chi connectivity index (χ4n) is 5.34. The molecule has 0 bridgehead atoms. The number of hydrogen-bond donors (Lipinski definition) is 2. The Morgan fingerprint density at radius 1 is 1.07 bits per heavy atom. The topological polar surface area (TPSA) is 134 Å². The van der Waals surface area contributed by atoms with Crippen molar-refractivity contribution in [2.75, 3.05) is 49.7 Å². The van der Waals surface area contributed by atoms with E-state index in [2.05, 4.69) is 33.4 Å². The molecule has 0 saturated carbocycles. The largest absolute Gasteiger partial charge is 0.383 e. The number of thioether (sulfide) groups is 1. The molecule has 3 N–H and O–H groups in total. The summed E-state index contributed by atoms with van der Waals surface area (Å²) < 4.78 is 30.4. The van der Waals surface area contributed by atoms with E-state index in [1.165, 1.54) is 12.1 Å². The van der Waals surface area contributed by atoms with Crippen LogP contribution in [0, 0.1) is 15.5 Å². The summed E-state index contributed by atoms with van der Waals surface area (Å²) in [6.07, 6.45) is 4.94. The Balaban J connectivity index is 1.49. The molecule has 1 aliphatic heterocycles. The number of sulfonamides is 1. The lowest BCUT2D eigenvalue weighted by Crippen LogP contribution is -2.37. The molecular weight excluding hydrogens is 621 g/mol. The van der Waals surface area contributed by atoms with E-state index in [-0.39, 0.29) is 28.1 Å². The third-order valence-corrected chi connectivity index (χ3v) is 10.8. The molecule has 0 aromatic heterocycles. The van der Waals surface area contributed by atoms with Crippen molar-refractivity contribution in [3.63, 3.8) is 0 Å². The first-order valence-corrected chi connectivity index (χ1v) is 18.1. The van der Waals surface area contributed by atoms with Crippen molar-refractivity contribution in [1.82, 2.24) is 4.90 Å². The number of amidine groups is 1. The molecule has 0 radical (unpaired) electrons. The van der Waals surface area contributed by atoms with Gasteiger partial charge in [0.2, 0.25) is 0 Å². The van der Waals surface area contributed by atoms with Crippen molar-refractivity contribution >= 4 is 44.7 Å². The van der Waals surface area contributed by atoms with Crippen LogP contribution in [0.1, 0.15) is 51.5 Å². The molecule has 1 fully saturated rings. The fraction of sp³-hybridized carbons (Fsp3) is 0.441. The molecule has 1 unspecified atom stereocenters. The van der Waals surface area contributed by atoms with Crippen molar-refractivity contribution in [3.8, 4) is 0 Å². The second-order valence-electron chi connectivity index (χ2n) is 12.9. The minimum atomic E-state index is -4.31. The summed E-state index contributed by atoms with van der Waals surface area (Å²) in [5.41, 5.74) is 7.93. The van der Waals surface area contributed by atoms with Crippen LogP contribution in [0.25, 0.3) is 0 Å². The third kappa shape index (κ3) is 10.2. The highest BCUT2D eigenvalue weighted by molar-refractivity contribution is 7.99. The minimum absolute atomic E-state index is 0.0680. The fourth-order valence-corrected chi connectivity index (χ4v) is 7.31. The normalized spacial score (nSPS) is 15.9. The van der Waals surface area contributed by atoms with Gasteiger partial charge >= 0.3 is 0 Å². The van der Waals surface area contributed by atoms with Crippen molar-refractivity contribution < 1.29 is 13.3 Å². The molecule has 46 heavy (non-hydrogen) atoms. The van der Waals surface area contributed by atoms with Gasteiger partial charge in [0.05, 0.1) is 9.82 Å². The molecule has 10 nitrogen and oxygen atoms in total. The van der Waals surface area contributed by atoms with Crippen LogP contribution in [0.3, 0.4) is 0 Å². The van der Waals surface area contributed by atoms with Gasteiger partial charge in [-0.25, -0.2) is 0 Å². The molecule has 3 aromatic rings. The van der Waals surface area contributed by atoms with Crippen molar-refractivity contribution in [3.05, 3.63) is 88.5 Å². The average molecular weight is 667 g/mol. The summed E-state index contributed by atoms with van der Waals surface area (Å²) in [6, 6.07) is 21.1. The van der Waals surface area contributed by atoms with E-state index in [1.54, 1.807) is 23.9 Å². The lowest BCUT2D eigenvalue weighted by atomic mass is 9.82. The number of rotatable bonds is 15. The van der Waals surface area contributed by atoms with Crippen LogP contribution < -0.4 is 16.0 Å². The van der Waals surface area contributed by atoms with E-state index in [9.17, 15) is 18.5 Å². The second kappa shape index (κ2) is 15.8. The Hall–Kier alpha value is -3.61. The minimum Gasteiger partial charge on any atom is -0.383 e. The van der Waals surface area contributed by atoms with E-state index in [0.717, 1.165) is 68.4 Å². The van der Waals surface area contributed by atoms with Crippen LogP contribution in [0.5, 0.6) is 0 Å². The first kappa shape index (κ1) is 35.2. The summed E-state index contributed by atoms with van der Waals surface area (Å²) in [5, 5.41) is 15.5. The zero-order valence-corrected chi connectivity index (χ0v) is 28.8. The van der Waals surface area contributed by atoms with Crippen molar-refractivity contribution in [2.45, 2.75) is 61.8 Å². The van der Waals surface area contributed by atoms with Gasteiger partial charge in [-0.2, -0.15) is 8.42 Å². The van der Waals surface area contributed by atoms with E-state index in [4.69, 9.17) is 5.73 Å². The van der Waals surface area contributed by atoms with Gasteiger partial charge < -0.3 is 20.9 Å². The Morgan fingerprint density at radius 2 is 1.74 bits per heavy atom. The molecule has 3 aromatic carbocycles. The summed E-state index contributed by atoms with van der Waals surface area (Å²) in [4.78, 5) is 16.8. The number of anilines is 2. The number of nitrogens with one attached hydrogen (secondary N) is 1. The van der Waals surface area contributed by atoms with Crippen LogP contribution >= 0.6 is 11.8 Å². The summed E-state index contributed by atoms with van der Waals surface area (Å²) >= 11 is 1.67. The highest BCUT2D eigenvalue weighted by Crippen LogP contribution is 2.33. The maximum Gasteiger partial charge on any atom is 0.293 e. The van der Waals surface area contributed by atoms with Gasteiger partial charge in [-0.15, -0.1) is 16.2 Å². The Bertz CT molecular complexity index is 1590. The van der Waals surface area contributed by atoms with E-state index >= 15 is 0 Å². The van der Waals surface area contributed by atoms with Crippen LogP contribution in [-0.4, -0.2) is 69.6 Å². The number of nitrogens with two attached hydrogens (primary N) is 1. The maximum absolute atomic E-state index is 13.3. The highest BCUT2D eigenvalue weighted by Gasteiger charge is 2.26. The lowest BCUT2D eigenvalue weighted by molar-refractivity contribution is -0.384. The summed E-state index contributed by atoms with van der Waals surface area (Å²) in [6.45, 7) is 7.42. The summed E-state index contributed by atoms with van der Waals surface area (Å²) in [7, 11) is -0.249. The van der Waals surface area contributed by atoms with E-state index in [0.29, 0.717) is 16.7 Å². The smallest absolute Gasteiger partial charge is 0.293 e. The maximum atomic E-state index is 13.3. The van der Waals surface area contributed by atoms with Crippen molar-refractivity contribution in [1.29, 1.82) is 0 Å². The first-order valence-electron chi connectivity index (χ1n) is 15.7. The van der Waals surface area contributed by atoms with E-state index < -0.39 is 14.9 Å². The van der Waals surface area contributed by atoms with Crippen LogP contribution in [-0.2, 0) is 10.0 Å². The molecule has 0 spiro atoms. The van der Waals surface area contributed by atoms with Crippen LogP contribution in [0.2, 0.25) is 0 Å². The van der Waals surface area contributed by atoms with Gasteiger partial charge in [0.1, 0.15) is 11.5 Å². The van der Waals surface area contributed by atoms with Crippen molar-refractivity contribution in [2.24, 2.45) is 15.5 Å². The van der Waals surface area contributed by atoms with Gasteiger partial charge in [0, 0.05) is 47.1 Å². The Morgan fingerprint density at radius 3 is 2.37 bits per heavy atom. The van der Waals surface area contributed by atoms with Gasteiger partial charge in [-0.3, -0.25) is 10.1 Å². The number of unbranched alkanes of at least 4 members (excludes halogenated alkanes) is 1. The standard InChI is InChI=1S/C34H46N6O4S2/c1-34(2)19-22-39(23-20-34)28-15-13-26(14-16-28)33(35)37-46(43,44)30-17-18-31(32(24-30)40(41)42)36-27(10-8-9-21-38(3)4)25-45-29-11-6-5-7-12-29/h5-7,11-18,24,27,36H,8-10,19-23,25H2,1-4H3,(H2,35,37). The number of nitro groups is 1. The highest BCUT2D eigenvalue weighted by atomic mass is 32.2. The predicted molar refractivity (Wildman–Crippen MR) is 190 cm³/mol. The van der Waals surface area contributed by atoms with Gasteiger partial charge in [-0.05, 0) is 100 Å². The molecule has 1 saturated heterocycles. The number of piperidine rings is 1. The number of nitro benzene ring substituents is 1. The SMILES string of the molecule is CN(C)CCCCC(CSc1ccccc1)Nc1ccc(S(=O)(=O)N=C(N)c2ccc(N3CCC(C)(C)CC3)cc2)cc1[N+](=O)[O-]. The van der Waals surface area contributed by atoms with Gasteiger partial charge in [-0.1, -0.05) is 38.5 Å². The Labute approximate surface area is 277 Å². The molecule has 1 atom stereocenters. The first-order chi connectivity index (χ1) is 21.8. The van der Waals surface area contributed by atoms with Crippen LogP contribution in [0.15, 0.2) is 87.0 Å². The number of nitrogens with zero attached hydrogens (tertiary/aromatic N) is 4. The zero-order valence-electron chi connectivity index (χ0n) is 27.2. The molecular formula is C34H46N6O4S2. The molecule has 1 aliphatic rings. The molecule has 0 aliphatic carbocycles.